The van der Waals surface area contributed by atoms with Crippen LogP contribution in [0.4, 0.5) is 0 Å². The summed E-state index contributed by atoms with van der Waals surface area (Å²) in [5.74, 6) is -1.81. The van der Waals surface area contributed by atoms with Crippen LogP contribution in [0.3, 0.4) is 0 Å². The smallest absolute Gasteiger partial charge is 0.313 e. The van der Waals surface area contributed by atoms with E-state index in [2.05, 4.69) is 4.98 Å². The second-order valence-corrected chi connectivity index (χ2v) is 6.65. The second-order valence-electron chi connectivity index (χ2n) is 6.65. The van der Waals surface area contributed by atoms with Gasteiger partial charge in [0, 0.05) is 24.0 Å². The van der Waals surface area contributed by atoms with Gasteiger partial charge in [-0.05, 0) is 49.1 Å². The molecule has 0 radical (unpaired) electrons. The Morgan fingerprint density at radius 2 is 1.88 bits per heavy atom. The molecule has 1 amide bonds. The Bertz CT molecular complexity index is 816. The van der Waals surface area contributed by atoms with Crippen LogP contribution in [-0.4, -0.2) is 32.9 Å². The van der Waals surface area contributed by atoms with Gasteiger partial charge in [-0.25, -0.2) is 0 Å². The summed E-state index contributed by atoms with van der Waals surface area (Å²) in [5, 5.41) is 10.0. The number of hydrogen-bond acceptors (Lipinski definition) is 3. The summed E-state index contributed by atoms with van der Waals surface area (Å²) in [6, 6.07) is 10.8. The van der Waals surface area contributed by atoms with E-state index >= 15 is 0 Å². The van der Waals surface area contributed by atoms with Crippen molar-refractivity contribution in [1.29, 1.82) is 0 Å². The fraction of sp³-hybridized carbons (Fsp3) is 0.316. The van der Waals surface area contributed by atoms with Crippen molar-refractivity contribution in [3.05, 3.63) is 65.5 Å². The molecule has 1 fully saturated rings. The van der Waals surface area contributed by atoms with Crippen molar-refractivity contribution in [1.82, 2.24) is 9.88 Å². The highest BCUT2D eigenvalue weighted by Crippen LogP contribution is 2.51. The summed E-state index contributed by atoms with van der Waals surface area (Å²) in [7, 11) is 0. The first-order valence-electron chi connectivity index (χ1n) is 8.11. The van der Waals surface area contributed by atoms with Crippen LogP contribution in [0.25, 0.3) is 0 Å². The molecule has 0 bridgehead atoms. The lowest BCUT2D eigenvalue weighted by Crippen LogP contribution is -2.57. The van der Waals surface area contributed by atoms with E-state index in [1.807, 2.05) is 19.1 Å². The highest BCUT2D eigenvalue weighted by Gasteiger charge is 2.56. The normalized spacial score (nSPS) is 26.1. The lowest BCUT2D eigenvalue weighted by molar-refractivity contribution is -0.143. The third-order valence-corrected chi connectivity index (χ3v) is 5.21. The quantitative estimate of drug-likeness (QED) is 0.943. The highest BCUT2D eigenvalue weighted by atomic mass is 16.4. The molecule has 2 atom stereocenters. The lowest BCUT2D eigenvalue weighted by atomic mass is 9.70. The zero-order valence-corrected chi connectivity index (χ0v) is 13.3. The van der Waals surface area contributed by atoms with Gasteiger partial charge in [0.2, 0.25) is 0 Å². The first kappa shape index (κ1) is 14.9. The molecule has 1 aliphatic carbocycles. The van der Waals surface area contributed by atoms with Gasteiger partial charge in [-0.15, -0.1) is 0 Å². The monoisotopic (exact) mass is 322 g/mol. The first-order chi connectivity index (χ1) is 11.5. The Balaban J connectivity index is 2.01. The largest absolute Gasteiger partial charge is 0.481 e. The third-order valence-electron chi connectivity index (χ3n) is 5.21. The van der Waals surface area contributed by atoms with E-state index < -0.39 is 17.4 Å². The number of carboxylic acids is 1. The van der Waals surface area contributed by atoms with Crippen molar-refractivity contribution in [3.63, 3.8) is 0 Å². The van der Waals surface area contributed by atoms with Gasteiger partial charge in [-0.1, -0.05) is 18.2 Å². The van der Waals surface area contributed by atoms with Crippen LogP contribution in [0.15, 0.2) is 48.8 Å². The van der Waals surface area contributed by atoms with E-state index in [4.69, 9.17) is 0 Å². The molecule has 2 aromatic rings. The zero-order valence-electron chi connectivity index (χ0n) is 13.3. The third kappa shape index (κ3) is 1.97. The summed E-state index contributed by atoms with van der Waals surface area (Å²) in [6.45, 7) is 1.87. The molecular formula is C19H18N2O3. The van der Waals surface area contributed by atoms with E-state index in [1.54, 1.807) is 41.6 Å². The maximum absolute atomic E-state index is 13.2. The van der Waals surface area contributed by atoms with Crippen molar-refractivity contribution < 1.29 is 14.7 Å². The maximum atomic E-state index is 13.2. The summed E-state index contributed by atoms with van der Waals surface area (Å²) in [5.41, 5.74) is 0.968. The Morgan fingerprint density at radius 1 is 1.21 bits per heavy atom. The summed E-state index contributed by atoms with van der Waals surface area (Å²) in [6.07, 6.45) is 5.13. The van der Waals surface area contributed by atoms with Gasteiger partial charge in [0.1, 0.15) is 5.92 Å². The molecule has 2 aliphatic rings. The number of fused-ring (bicyclic) bond motifs is 1. The van der Waals surface area contributed by atoms with Crippen molar-refractivity contribution in [2.75, 3.05) is 0 Å². The Morgan fingerprint density at radius 3 is 2.50 bits per heavy atom. The van der Waals surface area contributed by atoms with E-state index in [-0.39, 0.29) is 11.9 Å². The lowest BCUT2D eigenvalue weighted by Gasteiger charge is -2.49. The summed E-state index contributed by atoms with van der Waals surface area (Å²) >= 11 is 0. The molecule has 1 aliphatic heterocycles. The van der Waals surface area contributed by atoms with Crippen molar-refractivity contribution in [3.8, 4) is 0 Å². The predicted molar refractivity (Wildman–Crippen MR) is 87.6 cm³/mol. The minimum atomic E-state index is -0.929. The average molecular weight is 322 g/mol. The van der Waals surface area contributed by atoms with Gasteiger partial charge in [-0.3, -0.25) is 14.6 Å². The van der Waals surface area contributed by atoms with Crippen LogP contribution in [-0.2, 0) is 10.3 Å². The minimum Gasteiger partial charge on any atom is -0.481 e. The summed E-state index contributed by atoms with van der Waals surface area (Å²) < 4.78 is 0. The molecule has 1 saturated carbocycles. The van der Waals surface area contributed by atoms with Gasteiger partial charge in [-0.2, -0.15) is 0 Å². The molecule has 24 heavy (non-hydrogen) atoms. The molecule has 1 N–H and O–H groups in total. The molecule has 0 saturated heterocycles. The number of pyridine rings is 1. The van der Waals surface area contributed by atoms with Gasteiger partial charge < -0.3 is 10.0 Å². The van der Waals surface area contributed by atoms with E-state index in [0.717, 1.165) is 18.4 Å². The highest BCUT2D eigenvalue weighted by molar-refractivity contribution is 6.01. The van der Waals surface area contributed by atoms with Crippen LogP contribution in [0.2, 0.25) is 0 Å². The molecule has 0 spiro atoms. The number of aromatic nitrogens is 1. The molecule has 4 rings (SSSR count). The Kier molecular flexibility index (Phi) is 3.20. The van der Waals surface area contributed by atoms with Crippen LogP contribution in [0.1, 0.15) is 47.2 Å². The molecule has 5 nitrogen and oxygen atoms in total. The fourth-order valence-corrected chi connectivity index (χ4v) is 3.97. The number of benzene rings is 1. The maximum Gasteiger partial charge on any atom is 0.313 e. The standard InChI is InChI=1S/C19H18N2O3/c1-19(12-8-10-20-11-9-12)16(18(23)24)14-4-2-3-5-15(14)17(22)21(19)13-6-7-13/h2-5,8-11,13,16H,6-7H2,1H3,(H,23,24). The predicted octanol–water partition coefficient (Wildman–Crippen LogP) is 2.78. The average Bonchev–Trinajstić information content (AvgIpc) is 3.40. The first-order valence-corrected chi connectivity index (χ1v) is 8.11. The number of nitrogens with zero attached hydrogens (tertiary/aromatic N) is 2. The van der Waals surface area contributed by atoms with Crippen LogP contribution in [0.5, 0.6) is 0 Å². The Labute approximate surface area is 139 Å². The van der Waals surface area contributed by atoms with Crippen LogP contribution in [0, 0.1) is 0 Å². The number of amides is 1. The SMILES string of the molecule is CC1(c2ccncc2)C(C(=O)O)c2ccccc2C(=O)N1C1CC1. The molecule has 2 unspecified atom stereocenters. The topological polar surface area (TPSA) is 70.5 Å². The molecular weight excluding hydrogens is 304 g/mol. The van der Waals surface area contributed by atoms with Crippen LogP contribution < -0.4 is 0 Å². The molecule has 2 heterocycles. The Hall–Kier alpha value is -2.69. The summed E-state index contributed by atoms with van der Waals surface area (Å²) in [4.78, 5) is 31.3. The fourth-order valence-electron chi connectivity index (χ4n) is 3.97. The number of rotatable bonds is 3. The van der Waals surface area contributed by atoms with Gasteiger partial charge in [0.25, 0.3) is 5.91 Å². The number of carbonyl (C=O) groups is 2. The number of hydrogen-bond donors (Lipinski definition) is 1. The van der Waals surface area contributed by atoms with Gasteiger partial charge in [0.15, 0.2) is 0 Å². The zero-order chi connectivity index (χ0) is 16.9. The molecule has 122 valence electrons. The van der Waals surface area contributed by atoms with Gasteiger partial charge >= 0.3 is 5.97 Å². The number of carbonyl (C=O) groups excluding carboxylic acids is 1. The van der Waals surface area contributed by atoms with Crippen LogP contribution >= 0.6 is 0 Å². The van der Waals surface area contributed by atoms with Gasteiger partial charge in [0.05, 0.1) is 5.54 Å². The number of carboxylic acid groups (broad SMARTS) is 1. The van der Waals surface area contributed by atoms with E-state index in [1.165, 1.54) is 0 Å². The molecule has 5 heteroatoms. The van der Waals surface area contributed by atoms with E-state index in [9.17, 15) is 14.7 Å². The number of aliphatic carboxylic acids is 1. The second kappa shape index (κ2) is 5.16. The van der Waals surface area contributed by atoms with Crippen molar-refractivity contribution in [2.45, 2.75) is 37.3 Å². The van der Waals surface area contributed by atoms with Crippen molar-refractivity contribution in [2.24, 2.45) is 0 Å². The van der Waals surface area contributed by atoms with E-state index in [0.29, 0.717) is 11.1 Å². The molecule has 1 aromatic heterocycles. The van der Waals surface area contributed by atoms with Crippen molar-refractivity contribution >= 4 is 11.9 Å². The minimum absolute atomic E-state index is 0.0788. The molecule has 1 aromatic carbocycles.